The van der Waals surface area contributed by atoms with Crippen LogP contribution in [0.15, 0.2) is 0 Å². The molecule has 0 N–H and O–H groups in total. The third kappa shape index (κ3) is 1.28. The molecule has 12 heavy (non-hydrogen) atoms. The molecule has 68 valence electrons. The summed E-state index contributed by atoms with van der Waals surface area (Å²) < 4.78 is 2.35. The molecule has 2 aliphatic rings. The molecule has 0 spiro atoms. The number of thioether (sulfide) groups is 1. The Balaban J connectivity index is 2.14. The van der Waals surface area contributed by atoms with Crippen molar-refractivity contribution in [2.24, 2.45) is 0 Å². The standard InChI is InChI=1S/C8H16N3S/c1-9-3-4-10(2)8(9)11-5-6-12-7-11/h3-7H2,1-2H3/q+1. The summed E-state index contributed by atoms with van der Waals surface area (Å²) in [6.07, 6.45) is 0. The molecule has 0 aliphatic carbocycles. The average molecular weight is 186 g/mol. The Kier molecular flexibility index (Phi) is 2.17. The molecular weight excluding hydrogens is 170 g/mol. The number of hydrogen-bond donors (Lipinski definition) is 0. The van der Waals surface area contributed by atoms with Gasteiger partial charge in [0.1, 0.15) is 5.88 Å². The largest absolute Gasteiger partial charge is 0.350 e. The van der Waals surface area contributed by atoms with Crippen molar-refractivity contribution in [3.8, 4) is 0 Å². The quantitative estimate of drug-likeness (QED) is 0.491. The molecule has 0 bridgehead atoms. The van der Waals surface area contributed by atoms with Gasteiger partial charge >= 0.3 is 5.96 Å². The highest BCUT2D eigenvalue weighted by Crippen LogP contribution is 2.16. The first-order valence-corrected chi connectivity index (χ1v) is 5.56. The van der Waals surface area contributed by atoms with Gasteiger partial charge in [-0.05, 0) is 0 Å². The van der Waals surface area contributed by atoms with Crippen LogP contribution in [0.2, 0.25) is 0 Å². The van der Waals surface area contributed by atoms with Gasteiger partial charge in [-0.3, -0.25) is 14.4 Å². The fraction of sp³-hybridized carbons (Fsp3) is 0.875. The fourth-order valence-corrected chi connectivity index (χ4v) is 2.79. The van der Waals surface area contributed by atoms with Crippen LogP contribution in [-0.4, -0.2) is 65.7 Å². The van der Waals surface area contributed by atoms with Crippen LogP contribution in [0.1, 0.15) is 0 Å². The van der Waals surface area contributed by atoms with E-state index >= 15 is 0 Å². The summed E-state index contributed by atoms with van der Waals surface area (Å²) >= 11 is 2.02. The highest BCUT2D eigenvalue weighted by molar-refractivity contribution is 7.99. The number of nitrogens with zero attached hydrogens (tertiary/aromatic N) is 3. The van der Waals surface area contributed by atoms with Crippen molar-refractivity contribution in [1.29, 1.82) is 0 Å². The molecule has 0 saturated carbocycles. The second kappa shape index (κ2) is 3.17. The summed E-state index contributed by atoms with van der Waals surface area (Å²) in [5.74, 6) is 3.87. The van der Waals surface area contributed by atoms with Gasteiger partial charge in [0, 0.05) is 5.75 Å². The molecule has 0 aromatic heterocycles. The Bertz CT molecular complexity index is 208. The van der Waals surface area contributed by atoms with Gasteiger partial charge in [-0.2, -0.15) is 0 Å². The van der Waals surface area contributed by atoms with E-state index in [1.807, 2.05) is 11.8 Å². The first-order chi connectivity index (χ1) is 5.79. The number of rotatable bonds is 0. The molecule has 0 unspecified atom stereocenters. The minimum atomic E-state index is 1.17. The van der Waals surface area contributed by atoms with E-state index in [0.717, 1.165) is 0 Å². The first kappa shape index (κ1) is 8.23. The molecule has 0 amide bonds. The summed E-state index contributed by atoms with van der Waals surface area (Å²) in [5.41, 5.74) is 0. The normalized spacial score (nSPS) is 24.5. The Hall–Kier alpha value is -0.380. The topological polar surface area (TPSA) is 9.49 Å². The van der Waals surface area contributed by atoms with Crippen molar-refractivity contribution in [2.75, 3.05) is 45.4 Å². The molecular formula is C8H16N3S+. The maximum Gasteiger partial charge on any atom is 0.350 e. The zero-order valence-electron chi connectivity index (χ0n) is 7.79. The second-order valence-electron chi connectivity index (χ2n) is 3.44. The van der Waals surface area contributed by atoms with E-state index in [4.69, 9.17) is 0 Å². The highest BCUT2D eigenvalue weighted by Gasteiger charge is 2.32. The molecule has 0 aromatic rings. The van der Waals surface area contributed by atoms with Crippen LogP contribution in [0, 0.1) is 0 Å². The zero-order chi connectivity index (χ0) is 8.55. The number of guanidine groups is 1. The third-order valence-corrected chi connectivity index (χ3v) is 3.45. The maximum absolute atomic E-state index is 2.47. The van der Waals surface area contributed by atoms with Crippen LogP contribution >= 0.6 is 11.8 Å². The minimum Gasteiger partial charge on any atom is -0.264 e. The summed E-state index contributed by atoms with van der Waals surface area (Å²) in [4.78, 5) is 4.82. The summed E-state index contributed by atoms with van der Waals surface area (Å²) in [7, 11) is 4.36. The van der Waals surface area contributed by atoms with Crippen LogP contribution in [0.3, 0.4) is 0 Å². The van der Waals surface area contributed by atoms with Crippen molar-refractivity contribution in [3.05, 3.63) is 0 Å². The summed E-state index contributed by atoms with van der Waals surface area (Å²) in [6.45, 7) is 3.56. The molecule has 1 fully saturated rings. The van der Waals surface area contributed by atoms with E-state index in [0.29, 0.717) is 0 Å². The molecule has 2 rings (SSSR count). The molecule has 0 radical (unpaired) electrons. The Labute approximate surface area is 78.0 Å². The molecule has 2 heterocycles. The predicted octanol–water partition coefficient (Wildman–Crippen LogP) is -0.0636. The van der Waals surface area contributed by atoms with Gasteiger partial charge in [-0.1, -0.05) is 0 Å². The average Bonchev–Trinajstić information content (AvgIpc) is 2.61. The summed E-state index contributed by atoms with van der Waals surface area (Å²) in [6, 6.07) is 0. The number of hydrogen-bond acceptors (Lipinski definition) is 3. The van der Waals surface area contributed by atoms with Crippen molar-refractivity contribution in [2.45, 2.75) is 0 Å². The maximum atomic E-state index is 2.47. The predicted molar refractivity (Wildman–Crippen MR) is 52.7 cm³/mol. The molecule has 2 aliphatic heterocycles. The van der Waals surface area contributed by atoms with Gasteiger partial charge in [0.2, 0.25) is 0 Å². The SMILES string of the molecule is CN1CC[N+](C)=C1N1CCSC1. The highest BCUT2D eigenvalue weighted by atomic mass is 32.2. The lowest BCUT2D eigenvalue weighted by molar-refractivity contribution is -0.491. The lowest BCUT2D eigenvalue weighted by Gasteiger charge is -2.16. The van der Waals surface area contributed by atoms with E-state index < -0.39 is 0 Å². The number of likely N-dealkylation sites (N-methyl/N-ethyl adjacent to an activating group) is 2. The molecule has 0 aromatic carbocycles. The Morgan fingerprint density at radius 2 is 2.25 bits per heavy atom. The van der Waals surface area contributed by atoms with E-state index in [2.05, 4.69) is 28.5 Å². The Morgan fingerprint density at radius 1 is 1.42 bits per heavy atom. The lowest BCUT2D eigenvalue weighted by atomic mass is 10.6. The van der Waals surface area contributed by atoms with Gasteiger partial charge in [-0.25, -0.2) is 0 Å². The van der Waals surface area contributed by atoms with Crippen molar-refractivity contribution in [3.63, 3.8) is 0 Å². The van der Waals surface area contributed by atoms with E-state index in [1.165, 1.54) is 37.2 Å². The van der Waals surface area contributed by atoms with Gasteiger partial charge in [0.15, 0.2) is 0 Å². The summed E-state index contributed by atoms with van der Waals surface area (Å²) in [5, 5.41) is 0. The van der Waals surface area contributed by atoms with Crippen molar-refractivity contribution >= 4 is 17.7 Å². The molecule has 1 saturated heterocycles. The van der Waals surface area contributed by atoms with Crippen LogP contribution in [0.4, 0.5) is 0 Å². The van der Waals surface area contributed by atoms with Gasteiger partial charge < -0.3 is 0 Å². The van der Waals surface area contributed by atoms with Crippen molar-refractivity contribution in [1.82, 2.24) is 9.80 Å². The zero-order valence-corrected chi connectivity index (χ0v) is 8.60. The first-order valence-electron chi connectivity index (χ1n) is 4.41. The second-order valence-corrected chi connectivity index (χ2v) is 4.52. The molecule has 4 heteroatoms. The minimum absolute atomic E-state index is 1.17. The van der Waals surface area contributed by atoms with E-state index in [9.17, 15) is 0 Å². The lowest BCUT2D eigenvalue weighted by Crippen LogP contribution is -2.40. The van der Waals surface area contributed by atoms with Crippen LogP contribution in [0.25, 0.3) is 0 Å². The molecule has 3 nitrogen and oxygen atoms in total. The van der Waals surface area contributed by atoms with Crippen LogP contribution in [0.5, 0.6) is 0 Å². The molecule has 0 atom stereocenters. The van der Waals surface area contributed by atoms with Crippen LogP contribution < -0.4 is 0 Å². The van der Waals surface area contributed by atoms with E-state index in [1.54, 1.807) is 0 Å². The monoisotopic (exact) mass is 186 g/mol. The van der Waals surface area contributed by atoms with Gasteiger partial charge in [0.05, 0.1) is 33.7 Å². The smallest absolute Gasteiger partial charge is 0.264 e. The third-order valence-electron chi connectivity index (χ3n) is 2.49. The fourth-order valence-electron chi connectivity index (χ4n) is 1.85. The van der Waals surface area contributed by atoms with Gasteiger partial charge in [-0.15, -0.1) is 11.8 Å². The Morgan fingerprint density at radius 3 is 2.75 bits per heavy atom. The van der Waals surface area contributed by atoms with E-state index in [-0.39, 0.29) is 0 Å². The van der Waals surface area contributed by atoms with Crippen molar-refractivity contribution < 1.29 is 4.58 Å². The van der Waals surface area contributed by atoms with Gasteiger partial charge in [0.25, 0.3) is 0 Å². The van der Waals surface area contributed by atoms with Crippen LogP contribution in [-0.2, 0) is 0 Å².